The molecule has 0 aliphatic rings. The highest BCUT2D eigenvalue weighted by Crippen LogP contribution is 2.38. The first-order valence-corrected chi connectivity index (χ1v) is 13.6. The van der Waals surface area contributed by atoms with Crippen molar-refractivity contribution < 1.29 is 39.9 Å². The van der Waals surface area contributed by atoms with Crippen LogP contribution in [0.4, 0.5) is 35.1 Å². The fourth-order valence-corrected chi connectivity index (χ4v) is 4.72. The highest BCUT2D eigenvalue weighted by Gasteiger charge is 2.41. The molecule has 0 bridgehead atoms. The molecule has 230 valence electrons. The van der Waals surface area contributed by atoms with Crippen molar-refractivity contribution in [2.24, 2.45) is 0 Å². The number of hydrogen-bond donors (Lipinski definition) is 0. The van der Waals surface area contributed by atoms with Gasteiger partial charge < -0.3 is 4.74 Å². The Morgan fingerprint density at radius 3 is 1.84 bits per heavy atom. The molecule has 0 aliphatic heterocycles. The second kappa shape index (κ2) is 12.9. The molecule has 0 saturated carbocycles. The first-order valence-electron chi connectivity index (χ1n) is 13.6. The summed E-state index contributed by atoms with van der Waals surface area (Å²) in [5, 5.41) is 0. The molecule has 0 aliphatic carbocycles. The van der Waals surface area contributed by atoms with E-state index in [0.29, 0.717) is 23.3 Å². The molecule has 5 aromatic rings. The average Bonchev–Trinajstić information content (AvgIpc) is 2.99. The van der Waals surface area contributed by atoms with Gasteiger partial charge in [0.05, 0.1) is 5.69 Å². The number of benzene rings is 4. The summed E-state index contributed by atoms with van der Waals surface area (Å²) in [5.74, 6) is -11.3. The smallest absolute Gasteiger partial charge is 0.429 e. The molecule has 0 fully saturated rings. The lowest BCUT2D eigenvalue weighted by Crippen LogP contribution is -2.25. The molecule has 10 heteroatoms. The summed E-state index contributed by atoms with van der Waals surface area (Å²) in [7, 11) is 0. The molecule has 1 heterocycles. The number of halogens is 8. The lowest BCUT2D eigenvalue weighted by molar-refractivity contribution is -0.189. The monoisotopic (exact) mass is 625 g/mol. The largest absolute Gasteiger partial charge is 0.432 e. The molecule has 2 nitrogen and oxygen atoms in total. The molecule has 4 aromatic carbocycles. The Hall–Kier alpha value is -4.99. The minimum Gasteiger partial charge on any atom is -0.429 e. The fraction of sp³-hybridized carbons (Fsp3) is 0.114. The van der Waals surface area contributed by atoms with Crippen molar-refractivity contribution in [3.05, 3.63) is 143 Å². The number of aromatic nitrogens is 1. The van der Waals surface area contributed by atoms with Gasteiger partial charge in [0.2, 0.25) is 0 Å². The Balaban J connectivity index is 1.35. The van der Waals surface area contributed by atoms with Crippen molar-refractivity contribution in [2.75, 3.05) is 0 Å². The summed E-state index contributed by atoms with van der Waals surface area (Å²) in [6.45, 7) is 1.97. The summed E-state index contributed by atoms with van der Waals surface area (Å²) in [6.07, 6.45) is 2.94. The van der Waals surface area contributed by atoms with Gasteiger partial charge in [0.1, 0.15) is 28.8 Å². The van der Waals surface area contributed by atoms with Crippen molar-refractivity contribution in [2.45, 2.75) is 25.9 Å². The molecule has 5 rings (SSSR count). The lowest BCUT2D eigenvalue weighted by Gasteiger charge is -2.20. The van der Waals surface area contributed by atoms with Gasteiger partial charge in [-0.2, -0.15) is 8.78 Å². The van der Waals surface area contributed by atoms with E-state index < -0.39 is 52.3 Å². The van der Waals surface area contributed by atoms with Crippen LogP contribution in [0.1, 0.15) is 24.5 Å². The molecule has 0 spiro atoms. The summed E-state index contributed by atoms with van der Waals surface area (Å²) in [4.78, 5) is 4.51. The zero-order chi connectivity index (χ0) is 32.3. The zero-order valence-electron chi connectivity index (χ0n) is 23.5. The first kappa shape index (κ1) is 31.4. The zero-order valence-corrected chi connectivity index (χ0v) is 23.5. The van der Waals surface area contributed by atoms with E-state index in [9.17, 15) is 30.7 Å². The second-order valence-corrected chi connectivity index (χ2v) is 10.1. The molecule has 0 atom stereocenters. The van der Waals surface area contributed by atoms with Gasteiger partial charge in [-0.25, -0.2) is 26.3 Å². The Morgan fingerprint density at radius 1 is 0.667 bits per heavy atom. The van der Waals surface area contributed by atoms with Crippen molar-refractivity contribution in [3.63, 3.8) is 0 Å². The minimum atomic E-state index is -4.76. The molecule has 45 heavy (non-hydrogen) atoms. The van der Waals surface area contributed by atoms with E-state index in [1.807, 2.05) is 43.5 Å². The number of aryl methyl sites for hydroxylation is 1. The van der Waals surface area contributed by atoms with Crippen LogP contribution in [0.2, 0.25) is 0 Å². The number of ether oxygens (including phenoxy) is 1. The van der Waals surface area contributed by atoms with Crippen molar-refractivity contribution in [1.29, 1.82) is 0 Å². The molecule has 0 unspecified atom stereocenters. The topological polar surface area (TPSA) is 22.1 Å². The summed E-state index contributed by atoms with van der Waals surface area (Å²) >= 11 is 0. The lowest BCUT2D eigenvalue weighted by atomic mass is 9.97. The molecule has 1 aromatic heterocycles. The first-order chi connectivity index (χ1) is 21.5. The Morgan fingerprint density at radius 2 is 1.27 bits per heavy atom. The van der Waals surface area contributed by atoms with Crippen molar-refractivity contribution in [3.8, 4) is 39.3 Å². The summed E-state index contributed by atoms with van der Waals surface area (Å²) in [5.41, 5.74) is 1.27. The Labute approximate surface area is 253 Å². The number of hydrogen-bond acceptors (Lipinski definition) is 2. The van der Waals surface area contributed by atoms with Crippen molar-refractivity contribution in [1.82, 2.24) is 4.98 Å². The number of rotatable bonds is 9. The Kier molecular flexibility index (Phi) is 9.04. The van der Waals surface area contributed by atoms with Crippen LogP contribution in [0.25, 0.3) is 33.5 Å². The van der Waals surface area contributed by atoms with E-state index in [4.69, 9.17) is 0 Å². The number of pyridine rings is 1. The van der Waals surface area contributed by atoms with Gasteiger partial charge in [-0.15, -0.1) is 0 Å². The quantitative estimate of drug-likeness (QED) is 0.0924. The van der Waals surface area contributed by atoms with Gasteiger partial charge in [-0.3, -0.25) is 4.98 Å². The maximum atomic E-state index is 15.2. The third kappa shape index (κ3) is 6.90. The maximum absolute atomic E-state index is 15.2. The van der Waals surface area contributed by atoms with E-state index in [0.717, 1.165) is 35.7 Å². The number of nitrogens with zero attached hydrogens (tertiary/aromatic N) is 1. The van der Waals surface area contributed by atoms with Crippen LogP contribution in [0, 0.1) is 34.9 Å². The van der Waals surface area contributed by atoms with Gasteiger partial charge in [0, 0.05) is 29.5 Å². The van der Waals surface area contributed by atoms with Gasteiger partial charge in [-0.1, -0.05) is 54.6 Å². The summed E-state index contributed by atoms with van der Waals surface area (Å²) in [6, 6.07) is 16.2. The molecule has 0 N–H and O–H groups in total. The fourth-order valence-electron chi connectivity index (χ4n) is 4.72. The average molecular weight is 626 g/mol. The minimum absolute atomic E-state index is 0.0998. The predicted octanol–water partition coefficient (Wildman–Crippen LogP) is 10.6. The van der Waals surface area contributed by atoms with E-state index >= 15 is 4.39 Å². The highest BCUT2D eigenvalue weighted by atomic mass is 19.3. The SMILES string of the molecule is C/C=C/CCc1ccc(-c2ccc(-c3ccc(-c4cc(F)c(C(F)(F)Oc5cc(F)c(F)c(F)c5)c(F)c4)c(F)c3)cc2)nc1. The summed E-state index contributed by atoms with van der Waals surface area (Å²) < 4.78 is 118. The van der Waals surface area contributed by atoms with Crippen LogP contribution in [0.15, 0.2) is 97.2 Å². The normalized spacial score (nSPS) is 11.8. The van der Waals surface area contributed by atoms with Crippen LogP contribution < -0.4 is 4.74 Å². The molecule has 0 amide bonds. The van der Waals surface area contributed by atoms with Gasteiger partial charge in [0.25, 0.3) is 0 Å². The van der Waals surface area contributed by atoms with Crippen LogP contribution in [-0.2, 0) is 12.5 Å². The van der Waals surface area contributed by atoms with Crippen molar-refractivity contribution >= 4 is 0 Å². The molecule has 0 radical (unpaired) electrons. The number of allylic oxidation sites excluding steroid dienone is 2. The third-order valence-electron chi connectivity index (χ3n) is 6.99. The maximum Gasteiger partial charge on any atom is 0.432 e. The van der Waals surface area contributed by atoms with Crippen LogP contribution >= 0.6 is 0 Å². The predicted molar refractivity (Wildman–Crippen MR) is 154 cm³/mol. The number of alkyl halides is 2. The highest BCUT2D eigenvalue weighted by molar-refractivity contribution is 5.73. The van der Waals surface area contributed by atoms with E-state index in [1.54, 1.807) is 12.1 Å². The van der Waals surface area contributed by atoms with Gasteiger partial charge in [-0.05, 0) is 66.3 Å². The third-order valence-corrected chi connectivity index (χ3v) is 6.99. The van der Waals surface area contributed by atoms with Gasteiger partial charge >= 0.3 is 6.11 Å². The van der Waals surface area contributed by atoms with E-state index in [-0.39, 0.29) is 23.3 Å². The van der Waals surface area contributed by atoms with Crippen LogP contribution in [-0.4, -0.2) is 4.98 Å². The van der Waals surface area contributed by atoms with E-state index in [2.05, 4.69) is 15.8 Å². The van der Waals surface area contributed by atoms with Crippen LogP contribution in [0.3, 0.4) is 0 Å². The van der Waals surface area contributed by atoms with E-state index in [1.165, 1.54) is 12.1 Å². The standard InChI is InChI=1S/C35H23F8NO/c1-2-3-4-5-20-6-13-32(44-19-20)22-9-7-21(8-10-22)23-11-12-26(27(36)14-23)24-15-28(37)33(29(38)16-24)35(42,43)45-25-17-30(39)34(41)31(40)18-25/h2-3,6-19H,4-5H2,1H3/b3-2+. The Bertz CT molecular complexity index is 1820. The molecular weight excluding hydrogens is 602 g/mol. The molecule has 0 saturated heterocycles. The second-order valence-electron chi connectivity index (χ2n) is 10.1. The van der Waals surface area contributed by atoms with Crippen LogP contribution in [0.5, 0.6) is 5.75 Å². The molecular formula is C35H23F8NO. The van der Waals surface area contributed by atoms with Gasteiger partial charge in [0.15, 0.2) is 17.5 Å².